The molecule has 0 saturated heterocycles. The number of carbonyl (C=O) groups is 1. The highest BCUT2D eigenvalue weighted by Crippen LogP contribution is 2.30. The summed E-state index contributed by atoms with van der Waals surface area (Å²) in [5, 5.41) is 11.2. The zero-order valence-corrected chi connectivity index (χ0v) is 19.7. The molecule has 3 heterocycles. The first-order chi connectivity index (χ1) is 16.3. The Kier molecular flexibility index (Phi) is 7.06. The van der Waals surface area contributed by atoms with Crippen molar-refractivity contribution in [1.29, 1.82) is 0 Å². The molecule has 0 saturated carbocycles. The number of rotatable bonds is 6. The zero-order valence-electron chi connectivity index (χ0n) is 19.0. The molecular weight excluding hydrogens is 463 g/mol. The molecule has 4 rings (SSSR count). The first kappa shape index (κ1) is 23.6. The predicted octanol–water partition coefficient (Wildman–Crippen LogP) is 4.31. The van der Waals surface area contributed by atoms with Crippen molar-refractivity contribution in [3.8, 4) is 11.4 Å². The van der Waals surface area contributed by atoms with Crippen LogP contribution < -0.4 is 4.74 Å². The van der Waals surface area contributed by atoms with Crippen LogP contribution in [0.1, 0.15) is 32.0 Å². The van der Waals surface area contributed by atoms with Gasteiger partial charge in [0.2, 0.25) is 0 Å². The quantitative estimate of drug-likeness (QED) is 0.512. The fraction of sp³-hybridized carbons (Fsp3) is 0.348. The van der Waals surface area contributed by atoms with Crippen molar-refractivity contribution in [2.75, 3.05) is 13.1 Å². The van der Waals surface area contributed by atoms with E-state index in [9.17, 15) is 9.18 Å². The normalized spacial score (nSPS) is 15.9. The molecule has 0 bridgehead atoms. The third kappa shape index (κ3) is 5.33. The number of ether oxygens (including phenoxy) is 2. The van der Waals surface area contributed by atoms with E-state index in [1.807, 2.05) is 32.9 Å². The SMILES string of the molecule is CC(C)OC(=O)N1CC=C(c2cnc(COc3ccc(-n4cnnn4)cc3F)c(Cl)c2)C(C)C1. The van der Waals surface area contributed by atoms with Crippen LogP contribution in [-0.2, 0) is 11.3 Å². The number of tetrazole rings is 1. The molecule has 0 spiro atoms. The number of benzene rings is 1. The number of carbonyl (C=O) groups excluding carboxylic acids is 1. The molecule has 34 heavy (non-hydrogen) atoms. The van der Waals surface area contributed by atoms with Crippen LogP contribution in [0.5, 0.6) is 5.75 Å². The number of hydrogen-bond acceptors (Lipinski definition) is 7. The highest BCUT2D eigenvalue weighted by molar-refractivity contribution is 6.31. The Morgan fingerprint density at radius 1 is 1.32 bits per heavy atom. The zero-order chi connectivity index (χ0) is 24.2. The number of pyridine rings is 1. The lowest BCUT2D eigenvalue weighted by Gasteiger charge is -2.31. The Morgan fingerprint density at radius 3 is 2.79 bits per heavy atom. The summed E-state index contributed by atoms with van der Waals surface area (Å²) in [6.07, 6.45) is 4.59. The van der Waals surface area contributed by atoms with Gasteiger partial charge in [-0.15, -0.1) is 5.10 Å². The fourth-order valence-electron chi connectivity index (χ4n) is 3.65. The number of aromatic nitrogens is 5. The van der Waals surface area contributed by atoms with Gasteiger partial charge in [-0.05, 0) is 59.5 Å². The van der Waals surface area contributed by atoms with Crippen molar-refractivity contribution in [1.82, 2.24) is 30.1 Å². The average molecular weight is 487 g/mol. The van der Waals surface area contributed by atoms with Crippen molar-refractivity contribution in [2.24, 2.45) is 5.92 Å². The van der Waals surface area contributed by atoms with Crippen LogP contribution in [-0.4, -0.2) is 55.4 Å². The topological polar surface area (TPSA) is 95.3 Å². The summed E-state index contributed by atoms with van der Waals surface area (Å²) in [4.78, 5) is 18.3. The fourth-order valence-corrected chi connectivity index (χ4v) is 3.87. The minimum Gasteiger partial charge on any atom is -0.484 e. The Labute approximate surface area is 201 Å². The van der Waals surface area contributed by atoms with Crippen LogP contribution in [0.15, 0.2) is 42.9 Å². The standard InChI is InChI=1S/C23H24ClFN6O3/c1-14(2)34-23(32)30-7-6-18(15(3)11-30)16-8-19(24)21(26-10-16)12-33-22-5-4-17(9-20(22)25)31-13-27-28-29-31/h4-6,8-10,13-15H,7,11-12H2,1-3H3. The molecule has 0 radical (unpaired) electrons. The van der Waals surface area contributed by atoms with Gasteiger partial charge in [-0.3, -0.25) is 4.98 Å². The average Bonchev–Trinajstić information content (AvgIpc) is 3.33. The smallest absolute Gasteiger partial charge is 0.410 e. The van der Waals surface area contributed by atoms with Gasteiger partial charge in [-0.25, -0.2) is 13.9 Å². The lowest BCUT2D eigenvalue weighted by molar-refractivity contribution is 0.0769. The molecular formula is C23H24ClFN6O3. The maximum absolute atomic E-state index is 14.4. The van der Waals surface area contributed by atoms with E-state index in [-0.39, 0.29) is 30.5 Å². The van der Waals surface area contributed by atoms with Crippen LogP contribution in [0.25, 0.3) is 11.3 Å². The highest BCUT2D eigenvalue weighted by atomic mass is 35.5. The van der Waals surface area contributed by atoms with Crippen LogP contribution in [0.4, 0.5) is 9.18 Å². The maximum atomic E-state index is 14.4. The van der Waals surface area contributed by atoms with Crippen molar-refractivity contribution in [3.05, 3.63) is 65.0 Å². The second-order valence-electron chi connectivity index (χ2n) is 8.21. The largest absolute Gasteiger partial charge is 0.484 e. The maximum Gasteiger partial charge on any atom is 0.410 e. The predicted molar refractivity (Wildman–Crippen MR) is 123 cm³/mol. The number of hydrogen-bond donors (Lipinski definition) is 0. The molecule has 3 aromatic rings. The third-order valence-electron chi connectivity index (χ3n) is 5.30. The van der Waals surface area contributed by atoms with Crippen molar-refractivity contribution < 1.29 is 18.7 Å². The first-order valence-electron chi connectivity index (χ1n) is 10.8. The molecule has 1 atom stereocenters. The summed E-state index contributed by atoms with van der Waals surface area (Å²) in [7, 11) is 0. The Bertz CT molecular complexity index is 1200. The monoisotopic (exact) mass is 486 g/mol. The molecule has 1 aromatic carbocycles. The van der Waals surface area contributed by atoms with E-state index in [1.165, 1.54) is 23.1 Å². The third-order valence-corrected chi connectivity index (χ3v) is 5.62. The van der Waals surface area contributed by atoms with Gasteiger partial charge in [0, 0.05) is 25.4 Å². The van der Waals surface area contributed by atoms with E-state index >= 15 is 0 Å². The summed E-state index contributed by atoms with van der Waals surface area (Å²) in [6.45, 7) is 6.68. The van der Waals surface area contributed by atoms with Gasteiger partial charge in [0.25, 0.3) is 0 Å². The van der Waals surface area contributed by atoms with Gasteiger partial charge >= 0.3 is 6.09 Å². The van der Waals surface area contributed by atoms with E-state index in [0.717, 1.165) is 11.1 Å². The first-order valence-corrected chi connectivity index (χ1v) is 11.2. The summed E-state index contributed by atoms with van der Waals surface area (Å²) in [5.74, 6) is -0.403. The lowest BCUT2D eigenvalue weighted by atomic mass is 9.91. The van der Waals surface area contributed by atoms with Gasteiger partial charge in [0.15, 0.2) is 11.6 Å². The Balaban J connectivity index is 1.42. The molecule has 1 unspecified atom stereocenters. The van der Waals surface area contributed by atoms with Gasteiger partial charge in [0.1, 0.15) is 12.9 Å². The van der Waals surface area contributed by atoms with E-state index in [1.54, 1.807) is 17.2 Å². The van der Waals surface area contributed by atoms with Crippen molar-refractivity contribution in [3.63, 3.8) is 0 Å². The minimum atomic E-state index is -0.553. The van der Waals surface area contributed by atoms with E-state index in [4.69, 9.17) is 21.1 Å². The summed E-state index contributed by atoms with van der Waals surface area (Å²) >= 11 is 6.46. The molecule has 2 aromatic heterocycles. The molecule has 1 aliphatic heterocycles. The Morgan fingerprint density at radius 2 is 2.15 bits per heavy atom. The van der Waals surface area contributed by atoms with Gasteiger partial charge < -0.3 is 14.4 Å². The van der Waals surface area contributed by atoms with E-state index in [2.05, 4.69) is 20.5 Å². The molecule has 1 amide bonds. The molecule has 9 nitrogen and oxygen atoms in total. The molecule has 0 fully saturated rings. The summed E-state index contributed by atoms with van der Waals surface area (Å²) < 4.78 is 26.7. The second-order valence-corrected chi connectivity index (χ2v) is 8.62. The van der Waals surface area contributed by atoms with Crippen molar-refractivity contribution >= 4 is 23.3 Å². The Hall–Kier alpha value is -3.53. The van der Waals surface area contributed by atoms with Crippen LogP contribution in [0, 0.1) is 11.7 Å². The van der Waals surface area contributed by atoms with Crippen LogP contribution >= 0.6 is 11.6 Å². The van der Waals surface area contributed by atoms with E-state index < -0.39 is 5.82 Å². The lowest BCUT2D eigenvalue weighted by Crippen LogP contribution is -2.39. The van der Waals surface area contributed by atoms with Gasteiger partial charge in [-0.1, -0.05) is 24.6 Å². The van der Waals surface area contributed by atoms with Crippen LogP contribution in [0.2, 0.25) is 5.02 Å². The molecule has 0 aliphatic carbocycles. The summed E-state index contributed by atoms with van der Waals surface area (Å²) in [5.41, 5.74) is 2.89. The molecule has 11 heteroatoms. The molecule has 1 aliphatic rings. The highest BCUT2D eigenvalue weighted by Gasteiger charge is 2.25. The molecule has 0 N–H and O–H groups in total. The van der Waals surface area contributed by atoms with Crippen molar-refractivity contribution in [2.45, 2.75) is 33.5 Å². The minimum absolute atomic E-state index is 0.00365. The number of amides is 1. The van der Waals surface area contributed by atoms with Crippen LogP contribution in [0.3, 0.4) is 0 Å². The van der Waals surface area contributed by atoms with Gasteiger partial charge in [0.05, 0.1) is 22.5 Å². The molecule has 178 valence electrons. The van der Waals surface area contributed by atoms with E-state index in [0.29, 0.717) is 29.5 Å². The summed E-state index contributed by atoms with van der Waals surface area (Å²) in [6, 6.07) is 6.24. The van der Waals surface area contributed by atoms with Gasteiger partial charge in [-0.2, -0.15) is 0 Å². The number of halogens is 2. The number of nitrogens with zero attached hydrogens (tertiary/aromatic N) is 6. The second kappa shape index (κ2) is 10.2.